The standard InChI is InChI=1S/C34H27BF2N2/c1-22-13-15-26(16-14-22)34-29-12-8-7-11-28(29)33(39(34)35(36)37)21-32-30(27-18-23(2)17-24(3)19-27)20-31(38-32)25-9-5-4-6-10-25/h4-21H,1-3H3/b32-21-. The number of hydrogen-bond donors (Lipinski definition) is 0. The van der Waals surface area contributed by atoms with Gasteiger partial charge < -0.3 is 4.48 Å². The molecule has 5 heteroatoms. The highest BCUT2D eigenvalue weighted by molar-refractivity contribution is 6.43. The summed E-state index contributed by atoms with van der Waals surface area (Å²) in [6.45, 7) is 6.13. The van der Waals surface area contributed by atoms with Gasteiger partial charge in [-0.1, -0.05) is 114 Å². The van der Waals surface area contributed by atoms with Crippen LogP contribution in [0.3, 0.4) is 0 Å². The van der Waals surface area contributed by atoms with Crippen molar-refractivity contribution in [3.63, 3.8) is 0 Å². The molecule has 190 valence electrons. The zero-order chi connectivity index (χ0) is 27.1. The minimum Gasteiger partial charge on any atom is -0.324 e. The van der Waals surface area contributed by atoms with E-state index in [1.165, 1.54) is 0 Å². The fraction of sp³-hybridized carbons (Fsp3) is 0.0882. The molecule has 0 saturated heterocycles. The lowest BCUT2D eigenvalue weighted by molar-refractivity contribution is 0.631. The average Bonchev–Trinajstić information content (AvgIpc) is 3.49. The molecule has 5 aromatic rings. The molecule has 2 heterocycles. The van der Waals surface area contributed by atoms with E-state index >= 15 is 0 Å². The topological polar surface area (TPSA) is 17.3 Å². The lowest BCUT2D eigenvalue weighted by Gasteiger charge is -2.11. The second kappa shape index (κ2) is 9.99. The summed E-state index contributed by atoms with van der Waals surface area (Å²) in [6.07, 6.45) is 3.89. The van der Waals surface area contributed by atoms with Crippen LogP contribution >= 0.6 is 0 Å². The van der Waals surface area contributed by atoms with Crippen molar-refractivity contribution in [2.24, 2.45) is 4.99 Å². The van der Waals surface area contributed by atoms with Crippen LogP contribution in [0.5, 0.6) is 0 Å². The first-order chi connectivity index (χ1) is 18.9. The first-order valence-corrected chi connectivity index (χ1v) is 13.0. The predicted molar refractivity (Wildman–Crippen MR) is 160 cm³/mol. The highest BCUT2D eigenvalue weighted by Gasteiger charge is 2.29. The fourth-order valence-electron chi connectivity index (χ4n) is 5.44. The fourth-order valence-corrected chi connectivity index (χ4v) is 5.44. The highest BCUT2D eigenvalue weighted by Crippen LogP contribution is 2.39. The van der Waals surface area contributed by atoms with Gasteiger partial charge in [0, 0.05) is 33.3 Å². The van der Waals surface area contributed by atoms with E-state index in [0.717, 1.165) is 59.9 Å². The van der Waals surface area contributed by atoms with Gasteiger partial charge in [0.2, 0.25) is 0 Å². The van der Waals surface area contributed by atoms with Gasteiger partial charge in [-0.15, -0.1) is 0 Å². The van der Waals surface area contributed by atoms with Gasteiger partial charge in [-0.2, -0.15) is 0 Å². The van der Waals surface area contributed by atoms with E-state index in [-0.39, 0.29) is 0 Å². The SMILES string of the molecule is Cc1ccc(-c2c3ccccc3c(/C=C3\N=C(c4ccccc4)C=C3c3cc(C)cc(C)c3)n2B(F)F)cc1. The molecule has 0 aliphatic carbocycles. The van der Waals surface area contributed by atoms with Crippen molar-refractivity contribution < 1.29 is 8.63 Å². The van der Waals surface area contributed by atoms with E-state index in [0.29, 0.717) is 17.1 Å². The zero-order valence-corrected chi connectivity index (χ0v) is 22.1. The summed E-state index contributed by atoms with van der Waals surface area (Å²) in [5.41, 5.74) is 9.47. The summed E-state index contributed by atoms with van der Waals surface area (Å²) in [4.78, 5) is 5.00. The third kappa shape index (κ3) is 4.65. The maximum atomic E-state index is 14.9. The Bertz CT molecular complexity index is 1770. The van der Waals surface area contributed by atoms with E-state index in [1.807, 2.05) is 91.9 Å². The number of nitrogens with zero attached hydrogens (tertiary/aromatic N) is 2. The summed E-state index contributed by atoms with van der Waals surface area (Å²) in [6, 6.07) is 31.7. The van der Waals surface area contributed by atoms with Crippen LogP contribution in [0.25, 0.3) is 33.7 Å². The minimum atomic E-state index is -2.73. The minimum absolute atomic E-state index is 0.444. The molecule has 0 N–H and O–H groups in total. The molecule has 1 aliphatic rings. The highest BCUT2D eigenvalue weighted by atomic mass is 19.2. The normalized spacial score (nSPS) is 14.1. The number of aromatic nitrogens is 1. The van der Waals surface area contributed by atoms with Gasteiger partial charge in [0.25, 0.3) is 0 Å². The van der Waals surface area contributed by atoms with Gasteiger partial charge in [-0.05, 0) is 44.1 Å². The van der Waals surface area contributed by atoms with Crippen LogP contribution in [0, 0.1) is 20.8 Å². The third-order valence-electron chi connectivity index (χ3n) is 7.15. The molecule has 1 aliphatic heterocycles. The first kappa shape index (κ1) is 24.8. The van der Waals surface area contributed by atoms with Crippen LogP contribution in [0.15, 0.2) is 114 Å². The van der Waals surface area contributed by atoms with E-state index < -0.39 is 7.40 Å². The molecule has 0 amide bonds. The second-order valence-electron chi connectivity index (χ2n) is 10.1. The van der Waals surface area contributed by atoms with E-state index in [9.17, 15) is 8.63 Å². The third-order valence-corrected chi connectivity index (χ3v) is 7.15. The number of allylic oxidation sites excluding steroid dienone is 2. The number of aryl methyl sites for hydroxylation is 3. The molecule has 0 radical (unpaired) electrons. The maximum Gasteiger partial charge on any atom is 0.678 e. The monoisotopic (exact) mass is 512 g/mol. The Kier molecular flexibility index (Phi) is 6.36. The number of aliphatic imine (C=N–C) groups is 1. The molecule has 0 bridgehead atoms. The molecule has 39 heavy (non-hydrogen) atoms. The van der Waals surface area contributed by atoms with Crippen molar-refractivity contribution in [2.75, 3.05) is 0 Å². The van der Waals surface area contributed by atoms with Gasteiger partial charge >= 0.3 is 7.40 Å². The molecule has 0 fully saturated rings. The Hall–Kier alpha value is -4.51. The van der Waals surface area contributed by atoms with Gasteiger partial charge in [0.05, 0.1) is 11.4 Å². The summed E-state index contributed by atoms with van der Waals surface area (Å²) in [5.74, 6) is 0. The molecule has 2 nitrogen and oxygen atoms in total. The summed E-state index contributed by atoms with van der Waals surface area (Å²) >= 11 is 0. The number of fused-ring (bicyclic) bond motifs is 1. The zero-order valence-electron chi connectivity index (χ0n) is 22.1. The van der Waals surface area contributed by atoms with Crippen LogP contribution in [0.1, 0.15) is 33.5 Å². The van der Waals surface area contributed by atoms with E-state index in [2.05, 4.69) is 38.1 Å². The van der Waals surface area contributed by atoms with Crippen molar-refractivity contribution in [2.45, 2.75) is 20.8 Å². The van der Waals surface area contributed by atoms with Crippen LogP contribution in [0.4, 0.5) is 8.63 Å². The van der Waals surface area contributed by atoms with Crippen LogP contribution in [-0.2, 0) is 0 Å². The van der Waals surface area contributed by atoms with Crippen LogP contribution < -0.4 is 0 Å². The molecule has 0 saturated carbocycles. The first-order valence-electron chi connectivity index (χ1n) is 13.0. The van der Waals surface area contributed by atoms with Crippen LogP contribution in [0.2, 0.25) is 0 Å². The molecular weight excluding hydrogens is 485 g/mol. The van der Waals surface area contributed by atoms with Crippen molar-refractivity contribution >= 4 is 35.5 Å². The number of benzene rings is 4. The molecule has 0 spiro atoms. The smallest absolute Gasteiger partial charge is 0.324 e. The summed E-state index contributed by atoms with van der Waals surface area (Å²) in [7, 11) is -2.73. The Morgan fingerprint density at radius 3 is 1.97 bits per heavy atom. The molecule has 0 atom stereocenters. The van der Waals surface area contributed by atoms with Crippen molar-refractivity contribution in [3.05, 3.63) is 142 Å². The van der Waals surface area contributed by atoms with Crippen molar-refractivity contribution in [3.8, 4) is 11.3 Å². The van der Waals surface area contributed by atoms with Gasteiger partial charge in [-0.25, -0.2) is 4.99 Å². The van der Waals surface area contributed by atoms with Crippen LogP contribution in [-0.4, -0.2) is 17.6 Å². The summed E-state index contributed by atoms with van der Waals surface area (Å²) in [5, 5.41) is 1.56. The molecule has 1 aromatic heterocycles. The maximum absolute atomic E-state index is 14.9. The molecule has 4 aromatic carbocycles. The number of hydrogen-bond acceptors (Lipinski definition) is 1. The largest absolute Gasteiger partial charge is 0.678 e. The Balaban J connectivity index is 1.62. The van der Waals surface area contributed by atoms with Crippen molar-refractivity contribution in [1.82, 2.24) is 4.48 Å². The predicted octanol–water partition coefficient (Wildman–Crippen LogP) is 8.93. The Morgan fingerprint density at radius 2 is 1.31 bits per heavy atom. The lowest BCUT2D eigenvalue weighted by atomic mass is 9.97. The van der Waals surface area contributed by atoms with Gasteiger partial charge in [0.1, 0.15) is 0 Å². The quantitative estimate of drug-likeness (QED) is 0.209. The Morgan fingerprint density at radius 1 is 0.667 bits per heavy atom. The lowest BCUT2D eigenvalue weighted by Crippen LogP contribution is -2.16. The van der Waals surface area contributed by atoms with Gasteiger partial charge in [0.15, 0.2) is 0 Å². The average molecular weight is 512 g/mol. The molecular formula is C34H27BF2N2. The number of rotatable bonds is 5. The molecule has 6 rings (SSSR count). The number of halogens is 2. The molecule has 0 unspecified atom stereocenters. The van der Waals surface area contributed by atoms with E-state index in [1.54, 1.807) is 0 Å². The van der Waals surface area contributed by atoms with Crippen molar-refractivity contribution in [1.29, 1.82) is 0 Å². The van der Waals surface area contributed by atoms with Gasteiger partial charge in [-0.3, -0.25) is 8.63 Å². The second-order valence-corrected chi connectivity index (χ2v) is 10.1. The Labute approximate surface area is 227 Å². The van der Waals surface area contributed by atoms with E-state index in [4.69, 9.17) is 4.99 Å². The summed E-state index contributed by atoms with van der Waals surface area (Å²) < 4.78 is 31.0.